The normalized spacial score (nSPS) is 15.6. The molecule has 0 atom stereocenters. The van der Waals surface area contributed by atoms with Gasteiger partial charge in [-0.1, -0.05) is 50.1 Å². The second-order valence-corrected chi connectivity index (χ2v) is 8.61. The first-order chi connectivity index (χ1) is 13.8. The van der Waals surface area contributed by atoms with Crippen LogP contribution in [0.1, 0.15) is 45.4 Å². The average molecular weight is 400 g/mol. The predicted octanol–water partition coefficient (Wildman–Crippen LogP) is 3.81. The number of aromatic nitrogens is 4. The fraction of sp³-hybridized carbons (Fsp3) is 0.571. The van der Waals surface area contributed by atoms with Crippen LogP contribution < -0.4 is 5.56 Å². The van der Waals surface area contributed by atoms with Crippen LogP contribution >= 0.6 is 11.8 Å². The van der Waals surface area contributed by atoms with Crippen molar-refractivity contribution in [2.45, 2.75) is 57.1 Å². The summed E-state index contributed by atoms with van der Waals surface area (Å²) >= 11 is 1.74. The fourth-order valence-corrected chi connectivity index (χ4v) is 4.94. The van der Waals surface area contributed by atoms with Gasteiger partial charge in [0.2, 0.25) is 5.78 Å². The van der Waals surface area contributed by atoms with Gasteiger partial charge >= 0.3 is 0 Å². The van der Waals surface area contributed by atoms with Gasteiger partial charge in [-0.3, -0.25) is 13.8 Å². The molecule has 0 amide bonds. The molecule has 150 valence electrons. The second kappa shape index (κ2) is 9.09. The highest BCUT2D eigenvalue weighted by Crippen LogP contribution is 2.22. The fourth-order valence-electron chi connectivity index (χ4n) is 4.00. The summed E-state index contributed by atoms with van der Waals surface area (Å²) in [5.74, 6) is 1.66. The van der Waals surface area contributed by atoms with Crippen molar-refractivity contribution in [1.82, 2.24) is 24.1 Å². The first kappa shape index (κ1) is 19.5. The predicted molar refractivity (Wildman–Crippen MR) is 115 cm³/mol. The van der Waals surface area contributed by atoms with E-state index in [1.54, 1.807) is 16.3 Å². The van der Waals surface area contributed by atoms with E-state index in [0.717, 1.165) is 47.6 Å². The van der Waals surface area contributed by atoms with E-state index in [1.165, 1.54) is 32.4 Å². The van der Waals surface area contributed by atoms with Crippen LogP contribution in [-0.2, 0) is 6.54 Å². The lowest BCUT2D eigenvalue weighted by Gasteiger charge is -2.25. The summed E-state index contributed by atoms with van der Waals surface area (Å²) in [4.78, 5) is 15.6. The van der Waals surface area contributed by atoms with Gasteiger partial charge in [0.1, 0.15) is 0 Å². The maximum atomic E-state index is 13.0. The summed E-state index contributed by atoms with van der Waals surface area (Å²) in [6.07, 6.45) is 7.20. The minimum atomic E-state index is 0.0384. The number of fused-ring (bicyclic) bond motifs is 3. The van der Waals surface area contributed by atoms with Crippen molar-refractivity contribution in [2.24, 2.45) is 0 Å². The third kappa shape index (κ3) is 3.96. The number of nitrogens with zero attached hydrogens (tertiary/aromatic N) is 5. The van der Waals surface area contributed by atoms with E-state index in [4.69, 9.17) is 0 Å². The summed E-state index contributed by atoms with van der Waals surface area (Å²) in [6, 6.07) is 7.82. The van der Waals surface area contributed by atoms with Crippen molar-refractivity contribution < 1.29 is 0 Å². The monoisotopic (exact) mass is 399 g/mol. The highest BCUT2D eigenvalue weighted by atomic mass is 32.2. The lowest BCUT2D eigenvalue weighted by atomic mass is 10.1. The molecular formula is C21H29N5OS. The standard InChI is InChI=1S/C21H29N5OS/c1-2-3-7-14-25-19(27)17-10-5-6-11-18(17)26-20(25)22-23-21(26)28-16-15-24-12-8-4-9-13-24/h5-6,10-11H,2-4,7-9,12-16H2,1H3. The van der Waals surface area contributed by atoms with Gasteiger partial charge in [0.15, 0.2) is 5.16 Å². The maximum Gasteiger partial charge on any atom is 0.262 e. The van der Waals surface area contributed by atoms with Crippen LogP contribution in [0, 0.1) is 0 Å². The number of thioether (sulfide) groups is 1. The summed E-state index contributed by atoms with van der Waals surface area (Å²) < 4.78 is 3.88. The smallest absolute Gasteiger partial charge is 0.262 e. The van der Waals surface area contributed by atoms with Crippen LogP contribution in [0.15, 0.2) is 34.2 Å². The Morgan fingerprint density at radius 2 is 1.86 bits per heavy atom. The van der Waals surface area contributed by atoms with Crippen LogP contribution in [-0.4, -0.2) is 49.5 Å². The van der Waals surface area contributed by atoms with Gasteiger partial charge in [0.05, 0.1) is 10.9 Å². The first-order valence-electron chi connectivity index (χ1n) is 10.5. The van der Waals surface area contributed by atoms with Gasteiger partial charge in [-0.05, 0) is 44.5 Å². The number of hydrogen-bond acceptors (Lipinski definition) is 5. The van der Waals surface area contributed by atoms with Crippen molar-refractivity contribution in [2.75, 3.05) is 25.4 Å². The Kier molecular flexibility index (Phi) is 6.32. The number of para-hydroxylation sites is 1. The van der Waals surface area contributed by atoms with E-state index in [0.29, 0.717) is 12.3 Å². The summed E-state index contributed by atoms with van der Waals surface area (Å²) in [5, 5.41) is 10.5. The SMILES string of the molecule is CCCCCn1c(=O)c2ccccc2n2c(SCCN3CCCCC3)nnc12. The molecule has 1 aliphatic rings. The van der Waals surface area contributed by atoms with E-state index in [-0.39, 0.29) is 5.56 Å². The summed E-state index contributed by atoms with van der Waals surface area (Å²) in [6.45, 7) is 6.36. The molecule has 2 aromatic heterocycles. The molecule has 0 bridgehead atoms. The van der Waals surface area contributed by atoms with Gasteiger partial charge in [0.25, 0.3) is 5.56 Å². The molecule has 0 N–H and O–H groups in total. The number of aryl methyl sites for hydroxylation is 1. The van der Waals surface area contributed by atoms with E-state index in [2.05, 4.69) is 26.4 Å². The highest BCUT2D eigenvalue weighted by molar-refractivity contribution is 7.99. The molecule has 3 aromatic rings. The maximum absolute atomic E-state index is 13.0. The lowest BCUT2D eigenvalue weighted by molar-refractivity contribution is 0.242. The quantitative estimate of drug-likeness (QED) is 0.426. The van der Waals surface area contributed by atoms with Crippen molar-refractivity contribution >= 4 is 28.4 Å². The third-order valence-corrected chi connectivity index (χ3v) is 6.46. The van der Waals surface area contributed by atoms with Crippen LogP contribution in [0.5, 0.6) is 0 Å². The summed E-state index contributed by atoms with van der Waals surface area (Å²) in [5.41, 5.74) is 0.941. The summed E-state index contributed by atoms with van der Waals surface area (Å²) in [7, 11) is 0. The Balaban J connectivity index is 1.65. The Morgan fingerprint density at radius 1 is 1.04 bits per heavy atom. The minimum absolute atomic E-state index is 0.0384. The molecule has 0 saturated carbocycles. The van der Waals surface area contributed by atoms with Crippen molar-refractivity contribution in [3.05, 3.63) is 34.6 Å². The van der Waals surface area contributed by atoms with Gasteiger partial charge in [-0.2, -0.15) is 0 Å². The highest BCUT2D eigenvalue weighted by Gasteiger charge is 2.17. The zero-order valence-corrected chi connectivity index (χ0v) is 17.5. The number of likely N-dealkylation sites (tertiary alicyclic amines) is 1. The van der Waals surface area contributed by atoms with Crippen LogP contribution in [0.3, 0.4) is 0 Å². The number of unbranched alkanes of at least 4 members (excludes halogenated alkanes) is 2. The molecule has 1 aromatic carbocycles. The number of hydrogen-bond donors (Lipinski definition) is 0. The molecule has 0 spiro atoms. The van der Waals surface area contributed by atoms with Gasteiger partial charge in [0, 0.05) is 18.8 Å². The number of benzene rings is 1. The molecule has 0 unspecified atom stereocenters. The van der Waals surface area contributed by atoms with Crippen molar-refractivity contribution in [1.29, 1.82) is 0 Å². The Morgan fingerprint density at radius 3 is 2.68 bits per heavy atom. The molecule has 1 aliphatic heterocycles. The molecule has 6 nitrogen and oxygen atoms in total. The van der Waals surface area contributed by atoms with E-state index >= 15 is 0 Å². The third-order valence-electron chi connectivity index (χ3n) is 5.55. The number of rotatable bonds is 8. The van der Waals surface area contributed by atoms with Gasteiger partial charge in [-0.15, -0.1) is 10.2 Å². The van der Waals surface area contributed by atoms with Crippen molar-refractivity contribution in [3.63, 3.8) is 0 Å². The minimum Gasteiger partial charge on any atom is -0.303 e. The Labute approximate surface area is 169 Å². The van der Waals surface area contributed by atoms with E-state index in [1.807, 2.05) is 24.3 Å². The lowest BCUT2D eigenvalue weighted by Crippen LogP contribution is -2.31. The van der Waals surface area contributed by atoms with Gasteiger partial charge < -0.3 is 4.90 Å². The zero-order valence-electron chi connectivity index (χ0n) is 16.6. The van der Waals surface area contributed by atoms with Crippen molar-refractivity contribution in [3.8, 4) is 0 Å². The Hall–Kier alpha value is -1.86. The average Bonchev–Trinajstić information content (AvgIpc) is 3.15. The second-order valence-electron chi connectivity index (χ2n) is 7.55. The van der Waals surface area contributed by atoms with Crippen LogP contribution in [0.4, 0.5) is 0 Å². The molecule has 7 heteroatoms. The topological polar surface area (TPSA) is 55.4 Å². The van der Waals surface area contributed by atoms with E-state index in [9.17, 15) is 4.79 Å². The Bertz CT molecular complexity index is 990. The molecule has 4 rings (SSSR count). The molecular weight excluding hydrogens is 370 g/mol. The molecule has 1 fully saturated rings. The first-order valence-corrected chi connectivity index (χ1v) is 11.5. The molecule has 3 heterocycles. The molecule has 0 radical (unpaired) electrons. The zero-order chi connectivity index (χ0) is 19.3. The van der Waals surface area contributed by atoms with Crippen LogP contribution in [0.2, 0.25) is 0 Å². The number of piperidine rings is 1. The van der Waals surface area contributed by atoms with Crippen LogP contribution in [0.25, 0.3) is 16.7 Å². The molecule has 0 aliphatic carbocycles. The van der Waals surface area contributed by atoms with Gasteiger partial charge in [-0.25, -0.2) is 0 Å². The largest absolute Gasteiger partial charge is 0.303 e. The molecule has 1 saturated heterocycles. The van der Waals surface area contributed by atoms with E-state index < -0.39 is 0 Å². The molecule has 28 heavy (non-hydrogen) atoms.